The fourth-order valence-corrected chi connectivity index (χ4v) is 3.62. The first kappa shape index (κ1) is 16.8. The third-order valence-electron chi connectivity index (χ3n) is 3.93. The summed E-state index contributed by atoms with van der Waals surface area (Å²) >= 11 is 1.64. The standard InChI is InChI=1S/C21H14N4OS/c22-13-14-4-3-5-17(12-14)24-21(26)23-16-10-8-15(9-11-16)20-25-18-6-1-2-7-19(18)27-20/h1-12H,(H2,23,24,26). The van der Waals surface area contributed by atoms with Crippen molar-refractivity contribution in [3.63, 3.8) is 0 Å². The molecular weight excluding hydrogens is 356 g/mol. The molecule has 0 atom stereocenters. The number of benzene rings is 3. The summed E-state index contributed by atoms with van der Waals surface area (Å²) in [5.74, 6) is 0. The predicted molar refractivity (Wildman–Crippen MR) is 109 cm³/mol. The van der Waals surface area contributed by atoms with E-state index in [9.17, 15) is 4.79 Å². The van der Waals surface area contributed by atoms with E-state index < -0.39 is 0 Å². The Morgan fingerprint density at radius 2 is 1.70 bits per heavy atom. The molecule has 4 aromatic rings. The smallest absolute Gasteiger partial charge is 0.308 e. The number of para-hydroxylation sites is 1. The number of thiazole rings is 1. The molecule has 1 heterocycles. The molecule has 0 spiro atoms. The lowest BCUT2D eigenvalue weighted by atomic mass is 10.2. The zero-order valence-electron chi connectivity index (χ0n) is 14.1. The van der Waals surface area contributed by atoms with E-state index in [1.165, 1.54) is 0 Å². The van der Waals surface area contributed by atoms with Gasteiger partial charge in [0.2, 0.25) is 0 Å². The number of hydrogen-bond donors (Lipinski definition) is 2. The van der Waals surface area contributed by atoms with E-state index in [1.807, 2.05) is 48.5 Å². The second-order valence-corrected chi connectivity index (χ2v) is 6.87. The number of urea groups is 1. The molecule has 0 saturated heterocycles. The van der Waals surface area contributed by atoms with E-state index >= 15 is 0 Å². The number of rotatable bonds is 3. The van der Waals surface area contributed by atoms with Crippen molar-refractivity contribution < 1.29 is 4.79 Å². The van der Waals surface area contributed by atoms with Crippen molar-refractivity contribution in [1.29, 1.82) is 5.26 Å². The number of amides is 2. The minimum Gasteiger partial charge on any atom is -0.308 e. The molecule has 0 aliphatic carbocycles. The van der Waals surface area contributed by atoms with Crippen molar-refractivity contribution in [3.05, 3.63) is 78.4 Å². The fourth-order valence-electron chi connectivity index (χ4n) is 2.65. The van der Waals surface area contributed by atoms with Crippen molar-refractivity contribution in [2.45, 2.75) is 0 Å². The number of nitrogens with zero attached hydrogens (tertiary/aromatic N) is 2. The quantitative estimate of drug-likeness (QED) is 0.501. The summed E-state index contributed by atoms with van der Waals surface area (Å²) in [5, 5.41) is 15.4. The maximum Gasteiger partial charge on any atom is 0.323 e. The van der Waals surface area contributed by atoms with Crippen molar-refractivity contribution >= 4 is 39.0 Å². The lowest BCUT2D eigenvalue weighted by Crippen LogP contribution is -2.19. The molecule has 5 nitrogen and oxygen atoms in total. The summed E-state index contributed by atoms with van der Waals surface area (Å²) in [6, 6.07) is 24.0. The number of hydrogen-bond acceptors (Lipinski definition) is 4. The van der Waals surface area contributed by atoms with Crippen LogP contribution in [-0.2, 0) is 0 Å². The zero-order valence-corrected chi connectivity index (χ0v) is 15.0. The Morgan fingerprint density at radius 1 is 0.926 bits per heavy atom. The molecule has 0 fully saturated rings. The zero-order chi connectivity index (χ0) is 18.6. The van der Waals surface area contributed by atoms with Gasteiger partial charge in [0, 0.05) is 16.9 Å². The van der Waals surface area contributed by atoms with Crippen molar-refractivity contribution in [3.8, 4) is 16.6 Å². The molecule has 0 radical (unpaired) electrons. The molecule has 0 bridgehead atoms. The molecule has 2 N–H and O–H groups in total. The highest BCUT2D eigenvalue weighted by Crippen LogP contribution is 2.30. The van der Waals surface area contributed by atoms with Crippen LogP contribution in [0.5, 0.6) is 0 Å². The highest BCUT2D eigenvalue weighted by atomic mass is 32.1. The van der Waals surface area contributed by atoms with Crippen LogP contribution in [0.3, 0.4) is 0 Å². The van der Waals surface area contributed by atoms with Crippen LogP contribution in [0.25, 0.3) is 20.8 Å². The second kappa shape index (κ2) is 7.28. The molecule has 3 aromatic carbocycles. The van der Waals surface area contributed by atoms with Crippen molar-refractivity contribution in [1.82, 2.24) is 4.98 Å². The first-order valence-electron chi connectivity index (χ1n) is 8.25. The topological polar surface area (TPSA) is 77.8 Å². The van der Waals surface area contributed by atoms with Gasteiger partial charge in [-0.05, 0) is 54.6 Å². The van der Waals surface area contributed by atoms with Crippen LogP contribution in [0.15, 0.2) is 72.8 Å². The highest BCUT2D eigenvalue weighted by Gasteiger charge is 2.07. The van der Waals surface area contributed by atoms with Crippen LogP contribution >= 0.6 is 11.3 Å². The molecule has 4 rings (SSSR count). The van der Waals surface area contributed by atoms with E-state index in [4.69, 9.17) is 5.26 Å². The van der Waals surface area contributed by atoms with Crippen LogP contribution in [0.1, 0.15) is 5.56 Å². The summed E-state index contributed by atoms with van der Waals surface area (Å²) in [5.41, 5.74) is 3.72. The summed E-state index contributed by atoms with van der Waals surface area (Å²) in [4.78, 5) is 16.8. The van der Waals surface area contributed by atoms with E-state index in [-0.39, 0.29) is 6.03 Å². The van der Waals surface area contributed by atoms with Crippen LogP contribution in [0, 0.1) is 11.3 Å². The maximum absolute atomic E-state index is 12.1. The van der Waals surface area contributed by atoms with Crippen LogP contribution < -0.4 is 10.6 Å². The van der Waals surface area contributed by atoms with Gasteiger partial charge in [-0.25, -0.2) is 9.78 Å². The lowest BCUT2D eigenvalue weighted by molar-refractivity contribution is 0.262. The molecule has 2 amide bonds. The lowest BCUT2D eigenvalue weighted by Gasteiger charge is -2.08. The summed E-state index contributed by atoms with van der Waals surface area (Å²) in [6.07, 6.45) is 0. The van der Waals surface area contributed by atoms with Crippen LogP contribution in [0.4, 0.5) is 16.2 Å². The van der Waals surface area contributed by atoms with Crippen LogP contribution in [-0.4, -0.2) is 11.0 Å². The predicted octanol–water partition coefficient (Wildman–Crippen LogP) is 5.48. The number of aromatic nitrogens is 1. The van der Waals surface area contributed by atoms with Gasteiger partial charge in [-0.2, -0.15) is 5.26 Å². The van der Waals surface area contributed by atoms with Crippen molar-refractivity contribution in [2.75, 3.05) is 10.6 Å². The van der Waals surface area contributed by atoms with Gasteiger partial charge in [0.1, 0.15) is 5.01 Å². The van der Waals surface area contributed by atoms with Gasteiger partial charge in [0.25, 0.3) is 0 Å². The number of fused-ring (bicyclic) bond motifs is 1. The van der Waals surface area contributed by atoms with Crippen molar-refractivity contribution in [2.24, 2.45) is 0 Å². The average molecular weight is 370 g/mol. The van der Waals surface area contributed by atoms with Gasteiger partial charge in [-0.3, -0.25) is 0 Å². The van der Waals surface area contributed by atoms with E-state index in [0.717, 1.165) is 20.8 Å². The fraction of sp³-hybridized carbons (Fsp3) is 0. The number of carbonyl (C=O) groups excluding carboxylic acids is 1. The largest absolute Gasteiger partial charge is 0.323 e. The molecular formula is C21H14N4OS. The van der Waals surface area contributed by atoms with Gasteiger partial charge in [-0.15, -0.1) is 11.3 Å². The van der Waals surface area contributed by atoms with Gasteiger partial charge < -0.3 is 10.6 Å². The first-order valence-corrected chi connectivity index (χ1v) is 9.07. The second-order valence-electron chi connectivity index (χ2n) is 5.84. The highest BCUT2D eigenvalue weighted by molar-refractivity contribution is 7.21. The Labute approximate surface area is 159 Å². The Balaban J connectivity index is 1.45. The Kier molecular flexibility index (Phi) is 4.52. The number of nitrogens with one attached hydrogen (secondary N) is 2. The van der Waals surface area contributed by atoms with Gasteiger partial charge in [0.15, 0.2) is 0 Å². The summed E-state index contributed by atoms with van der Waals surface area (Å²) < 4.78 is 1.15. The van der Waals surface area contributed by atoms with E-state index in [0.29, 0.717) is 16.9 Å². The van der Waals surface area contributed by atoms with Gasteiger partial charge in [0.05, 0.1) is 21.8 Å². The number of anilines is 2. The molecule has 0 aliphatic heterocycles. The Hall–Kier alpha value is -3.69. The van der Waals surface area contributed by atoms with Gasteiger partial charge in [-0.1, -0.05) is 18.2 Å². The maximum atomic E-state index is 12.1. The summed E-state index contributed by atoms with van der Waals surface area (Å²) in [6.45, 7) is 0. The molecule has 130 valence electrons. The van der Waals surface area contributed by atoms with E-state index in [2.05, 4.69) is 21.7 Å². The number of carbonyl (C=O) groups is 1. The summed E-state index contributed by atoms with van der Waals surface area (Å²) in [7, 11) is 0. The Morgan fingerprint density at radius 3 is 2.48 bits per heavy atom. The Bertz CT molecular complexity index is 1130. The van der Waals surface area contributed by atoms with E-state index in [1.54, 1.807) is 35.6 Å². The molecule has 27 heavy (non-hydrogen) atoms. The third kappa shape index (κ3) is 3.78. The normalized spacial score (nSPS) is 10.3. The van der Waals surface area contributed by atoms with Gasteiger partial charge >= 0.3 is 6.03 Å². The SMILES string of the molecule is N#Cc1cccc(NC(=O)Nc2ccc(-c3nc4ccccc4s3)cc2)c1. The molecule has 0 aliphatic rings. The molecule has 0 saturated carbocycles. The molecule has 6 heteroatoms. The van der Waals surface area contributed by atoms with Crippen LogP contribution in [0.2, 0.25) is 0 Å². The monoisotopic (exact) mass is 370 g/mol. The average Bonchev–Trinajstić information content (AvgIpc) is 3.13. The third-order valence-corrected chi connectivity index (χ3v) is 5.02. The molecule has 0 unspecified atom stereocenters. The number of nitriles is 1. The minimum atomic E-state index is -0.363. The minimum absolute atomic E-state index is 0.363. The first-order chi connectivity index (χ1) is 13.2. The molecule has 1 aromatic heterocycles.